The second-order valence-electron chi connectivity index (χ2n) is 4.56. The van der Waals surface area contributed by atoms with Gasteiger partial charge in [0.05, 0.1) is 0 Å². The molecule has 0 heterocycles. The molecule has 0 radical (unpaired) electrons. The fourth-order valence-corrected chi connectivity index (χ4v) is 1.14. The van der Waals surface area contributed by atoms with Gasteiger partial charge in [-0.15, -0.1) is 0 Å². The van der Waals surface area contributed by atoms with Crippen LogP contribution in [0.3, 0.4) is 0 Å². The molecule has 0 atom stereocenters. The minimum Gasteiger partial charge on any atom is -0.333 e. The van der Waals surface area contributed by atoms with Gasteiger partial charge in [0.2, 0.25) is 0 Å². The number of hydrogen-bond acceptors (Lipinski definition) is 1. The Morgan fingerprint density at radius 2 is 1.85 bits per heavy atom. The average Bonchev–Trinajstić information content (AvgIpc) is 1.82. The van der Waals surface area contributed by atoms with Gasteiger partial charge in [0.15, 0.2) is 0 Å². The fourth-order valence-electron chi connectivity index (χ4n) is 1.14. The zero-order valence-corrected chi connectivity index (χ0v) is 9.64. The summed E-state index contributed by atoms with van der Waals surface area (Å²) < 4.78 is 0. The van der Waals surface area contributed by atoms with Crippen LogP contribution in [0.15, 0.2) is 0 Å². The van der Waals surface area contributed by atoms with Gasteiger partial charge in [-0.05, 0) is 41.5 Å². The molecule has 0 aliphatic carbocycles. The van der Waals surface area contributed by atoms with E-state index in [9.17, 15) is 4.79 Å². The van der Waals surface area contributed by atoms with Gasteiger partial charge in [0.25, 0.3) is 0 Å². The van der Waals surface area contributed by atoms with E-state index in [1.54, 1.807) is 0 Å². The van der Waals surface area contributed by atoms with Crippen molar-refractivity contribution in [3.63, 3.8) is 0 Å². The number of hydrogen-bond donors (Lipinski definition) is 1. The Hall–Kier alpha value is -0.730. The van der Waals surface area contributed by atoms with E-state index in [2.05, 4.69) is 5.32 Å². The zero-order chi connectivity index (χ0) is 10.6. The number of carbonyl (C=O) groups excluding carboxylic acids is 1. The minimum absolute atomic E-state index is 0.0185. The molecule has 3 heteroatoms. The maximum absolute atomic E-state index is 11.6. The zero-order valence-electron chi connectivity index (χ0n) is 9.64. The summed E-state index contributed by atoms with van der Waals surface area (Å²) in [6.07, 6.45) is 0. The van der Waals surface area contributed by atoms with Crippen molar-refractivity contribution >= 4 is 6.03 Å². The lowest BCUT2D eigenvalue weighted by Gasteiger charge is -2.30. The molecule has 0 unspecified atom stereocenters. The predicted octanol–water partition coefficient (Wildman–Crippen LogP) is 2.22. The third-order valence-corrected chi connectivity index (χ3v) is 1.71. The van der Waals surface area contributed by atoms with Gasteiger partial charge in [0.1, 0.15) is 0 Å². The molecule has 13 heavy (non-hydrogen) atoms. The normalized spacial score (nSPS) is 11.6. The summed E-state index contributed by atoms with van der Waals surface area (Å²) >= 11 is 0. The smallest absolute Gasteiger partial charge is 0.318 e. The van der Waals surface area contributed by atoms with Crippen LogP contribution in [0.1, 0.15) is 41.5 Å². The van der Waals surface area contributed by atoms with Crippen molar-refractivity contribution in [3.8, 4) is 0 Å². The second kappa shape index (κ2) is 4.49. The minimum atomic E-state index is -0.153. The summed E-state index contributed by atoms with van der Waals surface area (Å²) in [4.78, 5) is 13.5. The van der Waals surface area contributed by atoms with Gasteiger partial charge in [0, 0.05) is 18.1 Å². The summed E-state index contributed by atoms with van der Waals surface area (Å²) in [5.74, 6) is 0. The first-order valence-corrected chi connectivity index (χ1v) is 4.86. The Labute approximate surface area is 81.5 Å². The van der Waals surface area contributed by atoms with Gasteiger partial charge in [-0.1, -0.05) is 0 Å². The number of carbonyl (C=O) groups is 1. The highest BCUT2D eigenvalue weighted by atomic mass is 16.2. The molecule has 2 amide bonds. The first-order chi connectivity index (χ1) is 5.78. The summed E-state index contributed by atoms with van der Waals surface area (Å²) in [7, 11) is 0. The second-order valence-corrected chi connectivity index (χ2v) is 4.56. The molecular formula is C10H22N2O. The van der Waals surface area contributed by atoms with Crippen LogP contribution < -0.4 is 5.32 Å². The van der Waals surface area contributed by atoms with Crippen molar-refractivity contribution in [3.05, 3.63) is 0 Å². The molecule has 3 nitrogen and oxygen atoms in total. The SMILES string of the molecule is CCN(C(=O)NC(C)(C)C)C(C)C. The van der Waals surface area contributed by atoms with Gasteiger partial charge in [-0.2, -0.15) is 0 Å². The molecule has 0 rings (SSSR count). The third-order valence-electron chi connectivity index (χ3n) is 1.71. The number of amides is 2. The lowest BCUT2D eigenvalue weighted by molar-refractivity contribution is 0.178. The molecule has 0 aromatic heterocycles. The molecule has 0 aliphatic rings. The Kier molecular flexibility index (Phi) is 4.24. The van der Waals surface area contributed by atoms with Crippen molar-refractivity contribution < 1.29 is 4.79 Å². The van der Waals surface area contributed by atoms with Crippen molar-refractivity contribution in [1.82, 2.24) is 10.2 Å². The van der Waals surface area contributed by atoms with E-state index in [-0.39, 0.29) is 17.6 Å². The summed E-state index contributed by atoms with van der Waals surface area (Å²) in [5.41, 5.74) is -0.153. The highest BCUT2D eigenvalue weighted by molar-refractivity contribution is 5.75. The van der Waals surface area contributed by atoms with Crippen LogP contribution in [-0.4, -0.2) is 29.1 Å². The molecular weight excluding hydrogens is 164 g/mol. The van der Waals surface area contributed by atoms with Crippen LogP contribution >= 0.6 is 0 Å². The Bertz CT molecular complexity index is 170. The van der Waals surface area contributed by atoms with E-state index >= 15 is 0 Å². The standard InChI is InChI=1S/C10H22N2O/c1-7-12(8(2)3)9(13)11-10(4,5)6/h8H,7H2,1-6H3,(H,11,13). The Balaban J connectivity index is 4.23. The van der Waals surface area contributed by atoms with Crippen LogP contribution in [0.4, 0.5) is 4.79 Å². The van der Waals surface area contributed by atoms with Crippen molar-refractivity contribution in [2.24, 2.45) is 0 Å². The number of rotatable bonds is 2. The Morgan fingerprint density at radius 3 is 2.08 bits per heavy atom. The van der Waals surface area contributed by atoms with Crippen molar-refractivity contribution in [2.75, 3.05) is 6.54 Å². The van der Waals surface area contributed by atoms with E-state index in [4.69, 9.17) is 0 Å². The first-order valence-electron chi connectivity index (χ1n) is 4.86. The van der Waals surface area contributed by atoms with E-state index in [0.29, 0.717) is 0 Å². The van der Waals surface area contributed by atoms with Gasteiger partial charge in [-0.3, -0.25) is 0 Å². The quantitative estimate of drug-likeness (QED) is 0.704. The predicted molar refractivity (Wildman–Crippen MR) is 55.8 cm³/mol. The highest BCUT2D eigenvalue weighted by Crippen LogP contribution is 2.03. The molecule has 0 saturated heterocycles. The van der Waals surface area contributed by atoms with Crippen LogP contribution in [0, 0.1) is 0 Å². The fraction of sp³-hybridized carbons (Fsp3) is 0.900. The lowest BCUT2D eigenvalue weighted by atomic mass is 10.1. The lowest BCUT2D eigenvalue weighted by Crippen LogP contribution is -2.50. The van der Waals surface area contributed by atoms with Crippen molar-refractivity contribution in [2.45, 2.75) is 53.1 Å². The topological polar surface area (TPSA) is 32.3 Å². The molecule has 0 aliphatic heterocycles. The number of nitrogens with one attached hydrogen (secondary N) is 1. The number of nitrogens with zero attached hydrogens (tertiary/aromatic N) is 1. The summed E-state index contributed by atoms with van der Waals surface area (Å²) in [5, 5.41) is 2.94. The average molecular weight is 186 g/mol. The van der Waals surface area contributed by atoms with Crippen LogP contribution in [-0.2, 0) is 0 Å². The largest absolute Gasteiger partial charge is 0.333 e. The van der Waals surface area contributed by atoms with Crippen molar-refractivity contribution in [1.29, 1.82) is 0 Å². The molecule has 0 bridgehead atoms. The maximum atomic E-state index is 11.6. The maximum Gasteiger partial charge on any atom is 0.318 e. The molecule has 1 N–H and O–H groups in total. The van der Waals surface area contributed by atoms with E-state index < -0.39 is 0 Å². The Morgan fingerprint density at radius 1 is 1.38 bits per heavy atom. The van der Waals surface area contributed by atoms with Crippen LogP contribution in [0.2, 0.25) is 0 Å². The molecule has 0 aromatic rings. The molecule has 0 saturated carbocycles. The molecule has 0 fully saturated rings. The van der Waals surface area contributed by atoms with Gasteiger partial charge >= 0.3 is 6.03 Å². The number of urea groups is 1. The van der Waals surface area contributed by atoms with Gasteiger partial charge in [-0.25, -0.2) is 4.79 Å². The third kappa shape index (κ3) is 4.76. The van der Waals surface area contributed by atoms with E-state index in [1.165, 1.54) is 0 Å². The molecule has 0 aromatic carbocycles. The summed E-state index contributed by atoms with van der Waals surface area (Å²) in [6.45, 7) is 12.7. The van der Waals surface area contributed by atoms with Crippen LogP contribution in [0.25, 0.3) is 0 Å². The first kappa shape index (κ1) is 12.3. The van der Waals surface area contributed by atoms with E-state index in [1.807, 2.05) is 46.4 Å². The summed E-state index contributed by atoms with van der Waals surface area (Å²) in [6, 6.07) is 0.275. The molecule has 0 spiro atoms. The van der Waals surface area contributed by atoms with Crippen LogP contribution in [0.5, 0.6) is 0 Å². The monoisotopic (exact) mass is 186 g/mol. The van der Waals surface area contributed by atoms with Gasteiger partial charge < -0.3 is 10.2 Å². The van der Waals surface area contributed by atoms with E-state index in [0.717, 1.165) is 6.54 Å². The molecule has 78 valence electrons. The highest BCUT2D eigenvalue weighted by Gasteiger charge is 2.19.